The zero-order valence-electron chi connectivity index (χ0n) is 10.1. The number of Topliss-reactive ketones (excluding diaryl/α,β-unsaturated/α-hetero) is 1. The molecule has 0 unspecified atom stereocenters. The molecule has 4 nitrogen and oxygen atoms in total. The Hall–Kier alpha value is -2.62. The molecule has 2 aromatic rings. The van der Waals surface area contributed by atoms with Crippen LogP contribution in [0.25, 0.3) is 0 Å². The van der Waals surface area contributed by atoms with Crippen LogP contribution in [0.5, 0.6) is 5.75 Å². The minimum atomic E-state index is -0.994. The van der Waals surface area contributed by atoms with E-state index in [9.17, 15) is 9.59 Å². The van der Waals surface area contributed by atoms with Crippen LogP contribution in [0.4, 0.5) is 0 Å². The van der Waals surface area contributed by atoms with Crippen LogP contribution in [0, 0.1) is 0 Å². The summed E-state index contributed by atoms with van der Waals surface area (Å²) in [6.45, 7) is -0.0730. The Morgan fingerprint density at radius 3 is 2.11 bits per heavy atom. The lowest BCUT2D eigenvalue weighted by Crippen LogP contribution is -2.11. The summed E-state index contributed by atoms with van der Waals surface area (Å²) in [4.78, 5) is 22.4. The molecule has 2 aromatic carbocycles. The summed E-state index contributed by atoms with van der Waals surface area (Å²) in [5.74, 6) is -0.649. The second-order valence-electron chi connectivity index (χ2n) is 3.91. The lowest BCUT2D eigenvalue weighted by atomic mass is 10.1. The molecule has 0 aliphatic heterocycles. The van der Waals surface area contributed by atoms with Crippen molar-refractivity contribution < 1.29 is 19.4 Å². The number of carbonyl (C=O) groups excluding carboxylic acids is 1. The van der Waals surface area contributed by atoms with E-state index < -0.39 is 5.97 Å². The average Bonchev–Trinajstić information content (AvgIpc) is 2.46. The second kappa shape index (κ2) is 5.82. The highest BCUT2D eigenvalue weighted by Crippen LogP contribution is 2.12. The van der Waals surface area contributed by atoms with Crippen molar-refractivity contribution in [3.63, 3.8) is 0 Å². The van der Waals surface area contributed by atoms with Crippen LogP contribution >= 0.6 is 0 Å². The summed E-state index contributed by atoms with van der Waals surface area (Å²) in [6, 6.07) is 14.8. The second-order valence-corrected chi connectivity index (χ2v) is 3.91. The monoisotopic (exact) mass is 256 g/mol. The lowest BCUT2D eigenvalue weighted by molar-refractivity contribution is 0.0696. The molecule has 0 atom stereocenters. The summed E-state index contributed by atoms with van der Waals surface area (Å²) < 4.78 is 5.31. The van der Waals surface area contributed by atoms with Gasteiger partial charge in [0.05, 0.1) is 5.56 Å². The Morgan fingerprint density at radius 2 is 1.53 bits per heavy atom. The first-order valence-corrected chi connectivity index (χ1v) is 5.71. The van der Waals surface area contributed by atoms with Gasteiger partial charge in [-0.05, 0) is 24.3 Å². The van der Waals surface area contributed by atoms with E-state index in [2.05, 4.69) is 0 Å². The van der Waals surface area contributed by atoms with Crippen LogP contribution in [0.3, 0.4) is 0 Å². The Kier molecular flexibility index (Phi) is 3.93. The smallest absolute Gasteiger partial charge is 0.335 e. The Labute approximate surface area is 110 Å². The summed E-state index contributed by atoms with van der Waals surface area (Å²) >= 11 is 0. The number of hydrogen-bond acceptors (Lipinski definition) is 3. The van der Waals surface area contributed by atoms with Crippen molar-refractivity contribution in [2.45, 2.75) is 0 Å². The van der Waals surface area contributed by atoms with Gasteiger partial charge in [-0.25, -0.2) is 4.79 Å². The topological polar surface area (TPSA) is 63.6 Å². The van der Waals surface area contributed by atoms with Crippen LogP contribution < -0.4 is 4.74 Å². The summed E-state index contributed by atoms with van der Waals surface area (Å²) in [7, 11) is 0. The van der Waals surface area contributed by atoms with Gasteiger partial charge in [-0.1, -0.05) is 30.3 Å². The van der Waals surface area contributed by atoms with Crippen LogP contribution in [0.2, 0.25) is 0 Å². The van der Waals surface area contributed by atoms with Gasteiger partial charge in [0.25, 0.3) is 0 Å². The predicted molar refractivity (Wildman–Crippen MR) is 69.7 cm³/mol. The third-order valence-corrected chi connectivity index (χ3v) is 2.57. The van der Waals surface area contributed by atoms with Gasteiger partial charge in [0.15, 0.2) is 12.4 Å². The van der Waals surface area contributed by atoms with Crippen LogP contribution in [-0.2, 0) is 0 Å². The molecule has 0 aliphatic rings. The molecule has 4 heteroatoms. The first-order chi connectivity index (χ1) is 9.16. The van der Waals surface area contributed by atoms with Crippen molar-refractivity contribution in [3.8, 4) is 5.75 Å². The van der Waals surface area contributed by atoms with E-state index in [0.717, 1.165) is 0 Å². The molecule has 0 fully saturated rings. The summed E-state index contributed by atoms with van der Waals surface area (Å²) in [5, 5.41) is 8.75. The molecule has 0 saturated carbocycles. The van der Waals surface area contributed by atoms with Crippen molar-refractivity contribution in [2.75, 3.05) is 6.61 Å². The van der Waals surface area contributed by atoms with Gasteiger partial charge < -0.3 is 9.84 Å². The van der Waals surface area contributed by atoms with Crippen LogP contribution in [0.1, 0.15) is 20.7 Å². The molecule has 0 saturated heterocycles. The highest BCUT2D eigenvalue weighted by atomic mass is 16.5. The van der Waals surface area contributed by atoms with Gasteiger partial charge in [0.1, 0.15) is 5.75 Å². The van der Waals surface area contributed by atoms with Crippen molar-refractivity contribution in [3.05, 3.63) is 65.7 Å². The van der Waals surface area contributed by atoms with Gasteiger partial charge in [-0.3, -0.25) is 4.79 Å². The third-order valence-electron chi connectivity index (χ3n) is 2.57. The molecular formula is C15H12O4. The highest BCUT2D eigenvalue weighted by Gasteiger charge is 2.07. The van der Waals surface area contributed by atoms with Crippen molar-refractivity contribution in [1.29, 1.82) is 0 Å². The van der Waals surface area contributed by atoms with Gasteiger partial charge in [0, 0.05) is 5.56 Å². The first kappa shape index (κ1) is 12.8. The number of aromatic carboxylic acids is 1. The van der Waals surface area contributed by atoms with Crippen LogP contribution in [-0.4, -0.2) is 23.5 Å². The van der Waals surface area contributed by atoms with E-state index in [-0.39, 0.29) is 18.0 Å². The fourth-order valence-electron chi connectivity index (χ4n) is 1.55. The molecule has 0 aliphatic carbocycles. The quantitative estimate of drug-likeness (QED) is 0.835. The largest absolute Gasteiger partial charge is 0.485 e. The Bertz CT molecular complexity index is 573. The Balaban J connectivity index is 1.95. The van der Waals surface area contributed by atoms with Crippen molar-refractivity contribution in [2.24, 2.45) is 0 Å². The van der Waals surface area contributed by atoms with Crippen molar-refractivity contribution >= 4 is 11.8 Å². The average molecular weight is 256 g/mol. The predicted octanol–water partition coefficient (Wildman–Crippen LogP) is 2.65. The SMILES string of the molecule is O=C(O)c1ccc(OCC(=O)c2ccccc2)cc1. The standard InChI is InChI=1S/C15H12O4/c16-14(11-4-2-1-3-5-11)10-19-13-8-6-12(7-9-13)15(17)18/h1-9H,10H2,(H,17,18). The number of hydrogen-bond donors (Lipinski definition) is 1. The molecule has 0 aromatic heterocycles. The van der Waals surface area contributed by atoms with Crippen LogP contribution in [0.15, 0.2) is 54.6 Å². The van der Waals surface area contributed by atoms with E-state index in [4.69, 9.17) is 9.84 Å². The molecule has 0 spiro atoms. The molecule has 0 amide bonds. The fraction of sp³-hybridized carbons (Fsp3) is 0.0667. The highest BCUT2D eigenvalue weighted by molar-refractivity contribution is 5.97. The number of carboxylic acids is 1. The minimum Gasteiger partial charge on any atom is -0.485 e. The van der Waals surface area contributed by atoms with E-state index in [0.29, 0.717) is 11.3 Å². The number of ether oxygens (including phenoxy) is 1. The number of rotatable bonds is 5. The van der Waals surface area contributed by atoms with Gasteiger partial charge in [-0.15, -0.1) is 0 Å². The van der Waals surface area contributed by atoms with E-state index in [1.807, 2.05) is 6.07 Å². The molecule has 0 bridgehead atoms. The van der Waals surface area contributed by atoms with E-state index in [1.54, 1.807) is 24.3 Å². The molecular weight excluding hydrogens is 244 g/mol. The number of carboxylic acid groups (broad SMARTS) is 1. The maximum absolute atomic E-state index is 11.8. The molecule has 2 rings (SSSR count). The number of carbonyl (C=O) groups is 2. The van der Waals surface area contributed by atoms with E-state index >= 15 is 0 Å². The normalized spacial score (nSPS) is 9.89. The lowest BCUT2D eigenvalue weighted by Gasteiger charge is -2.05. The fourth-order valence-corrected chi connectivity index (χ4v) is 1.55. The van der Waals surface area contributed by atoms with E-state index in [1.165, 1.54) is 24.3 Å². The molecule has 96 valence electrons. The zero-order valence-corrected chi connectivity index (χ0v) is 10.1. The minimum absolute atomic E-state index is 0.0730. The summed E-state index contributed by atoms with van der Waals surface area (Å²) in [5.41, 5.74) is 0.770. The Morgan fingerprint density at radius 1 is 0.895 bits per heavy atom. The zero-order chi connectivity index (χ0) is 13.7. The summed E-state index contributed by atoms with van der Waals surface area (Å²) in [6.07, 6.45) is 0. The maximum atomic E-state index is 11.8. The van der Waals surface area contributed by atoms with Gasteiger partial charge in [0.2, 0.25) is 0 Å². The third kappa shape index (κ3) is 3.42. The molecule has 1 N–H and O–H groups in total. The van der Waals surface area contributed by atoms with Crippen molar-refractivity contribution in [1.82, 2.24) is 0 Å². The molecule has 19 heavy (non-hydrogen) atoms. The van der Waals surface area contributed by atoms with Gasteiger partial charge in [-0.2, -0.15) is 0 Å². The first-order valence-electron chi connectivity index (χ1n) is 5.71. The number of benzene rings is 2. The number of ketones is 1. The van der Waals surface area contributed by atoms with Gasteiger partial charge >= 0.3 is 5.97 Å². The molecule has 0 heterocycles. The molecule has 0 radical (unpaired) electrons. The maximum Gasteiger partial charge on any atom is 0.335 e.